The Hall–Kier alpha value is -0.160. The highest BCUT2D eigenvalue weighted by atomic mass is 127. The fourth-order valence-electron chi connectivity index (χ4n) is 1.27. The number of aromatic nitrogens is 1. The molecule has 0 aliphatic carbocycles. The molecule has 0 aliphatic rings. The highest BCUT2D eigenvalue weighted by Crippen LogP contribution is 2.15. The van der Waals surface area contributed by atoms with Crippen molar-refractivity contribution in [1.82, 2.24) is 4.98 Å². The SMILES string of the molecule is CC(I)=CCCC(C)=Cc1csc(C)n1. The summed E-state index contributed by atoms with van der Waals surface area (Å²) in [5.41, 5.74) is 2.50. The minimum Gasteiger partial charge on any atom is -0.242 e. The van der Waals surface area contributed by atoms with Crippen molar-refractivity contribution in [2.75, 3.05) is 0 Å². The van der Waals surface area contributed by atoms with Gasteiger partial charge in [-0.3, -0.25) is 0 Å². The summed E-state index contributed by atoms with van der Waals surface area (Å²) in [7, 11) is 0. The van der Waals surface area contributed by atoms with Crippen molar-refractivity contribution >= 4 is 40.0 Å². The van der Waals surface area contributed by atoms with E-state index in [0.717, 1.165) is 23.5 Å². The molecule has 0 spiro atoms. The van der Waals surface area contributed by atoms with Crippen LogP contribution in [0.3, 0.4) is 0 Å². The molecule has 82 valence electrons. The van der Waals surface area contributed by atoms with Crippen molar-refractivity contribution in [3.8, 4) is 0 Å². The van der Waals surface area contributed by atoms with E-state index in [9.17, 15) is 0 Å². The van der Waals surface area contributed by atoms with Crippen LogP contribution in [-0.2, 0) is 0 Å². The third kappa shape index (κ3) is 5.47. The summed E-state index contributed by atoms with van der Waals surface area (Å²) in [5.74, 6) is 0. The number of nitrogens with zero attached hydrogens (tertiary/aromatic N) is 1. The van der Waals surface area contributed by atoms with Crippen LogP contribution >= 0.6 is 33.9 Å². The monoisotopic (exact) mass is 333 g/mol. The first-order valence-corrected chi connectivity index (χ1v) is 6.95. The first kappa shape index (κ1) is 12.9. The quantitative estimate of drug-likeness (QED) is 0.709. The van der Waals surface area contributed by atoms with Crippen LogP contribution in [0.15, 0.2) is 20.6 Å². The molecule has 1 aromatic rings. The molecule has 0 fully saturated rings. The molecule has 3 heteroatoms. The fraction of sp³-hybridized carbons (Fsp3) is 0.417. The van der Waals surface area contributed by atoms with Crippen molar-refractivity contribution in [3.05, 3.63) is 31.3 Å². The van der Waals surface area contributed by atoms with Crippen LogP contribution in [0.1, 0.15) is 37.4 Å². The molecule has 0 radical (unpaired) electrons. The molecule has 0 aliphatic heterocycles. The lowest BCUT2D eigenvalue weighted by Crippen LogP contribution is -1.78. The lowest BCUT2D eigenvalue weighted by Gasteiger charge is -1.96. The molecule has 0 amide bonds. The Morgan fingerprint density at radius 2 is 2.27 bits per heavy atom. The van der Waals surface area contributed by atoms with Crippen LogP contribution in [0.2, 0.25) is 0 Å². The number of hydrogen-bond donors (Lipinski definition) is 0. The Labute approximate surface area is 109 Å². The molecule has 1 nitrogen and oxygen atoms in total. The van der Waals surface area contributed by atoms with E-state index in [1.54, 1.807) is 11.3 Å². The Bertz CT molecular complexity index is 373. The van der Waals surface area contributed by atoms with Crippen molar-refractivity contribution in [1.29, 1.82) is 0 Å². The maximum atomic E-state index is 4.42. The molecular weight excluding hydrogens is 317 g/mol. The second-order valence-corrected chi connectivity index (χ2v) is 6.38. The van der Waals surface area contributed by atoms with Gasteiger partial charge in [0.25, 0.3) is 0 Å². The predicted molar refractivity (Wildman–Crippen MR) is 77.5 cm³/mol. The lowest BCUT2D eigenvalue weighted by atomic mass is 10.1. The number of rotatable bonds is 4. The van der Waals surface area contributed by atoms with Crippen LogP contribution in [0.5, 0.6) is 0 Å². The van der Waals surface area contributed by atoms with E-state index >= 15 is 0 Å². The van der Waals surface area contributed by atoms with Crippen LogP contribution < -0.4 is 0 Å². The minimum atomic E-state index is 1.10. The molecule has 0 saturated heterocycles. The lowest BCUT2D eigenvalue weighted by molar-refractivity contribution is 0.982. The zero-order valence-corrected chi connectivity index (χ0v) is 12.4. The van der Waals surface area contributed by atoms with Gasteiger partial charge in [0.15, 0.2) is 0 Å². The zero-order valence-electron chi connectivity index (χ0n) is 9.38. The van der Waals surface area contributed by atoms with E-state index in [4.69, 9.17) is 0 Å². The van der Waals surface area contributed by atoms with E-state index in [1.165, 1.54) is 9.15 Å². The first-order valence-electron chi connectivity index (χ1n) is 4.99. The number of thiazole rings is 1. The Balaban J connectivity index is 2.50. The third-order valence-corrected chi connectivity index (χ3v) is 3.23. The molecule has 1 aromatic heterocycles. The van der Waals surface area contributed by atoms with Crippen molar-refractivity contribution in [2.45, 2.75) is 33.6 Å². The summed E-state index contributed by atoms with van der Waals surface area (Å²) in [6.45, 7) is 6.34. The van der Waals surface area contributed by atoms with E-state index in [1.807, 2.05) is 6.92 Å². The average Bonchev–Trinajstić information content (AvgIpc) is 2.50. The molecule has 1 rings (SSSR count). The van der Waals surface area contributed by atoms with Crippen molar-refractivity contribution < 1.29 is 0 Å². The molecule has 0 N–H and O–H groups in total. The molecule has 0 saturated carbocycles. The second kappa shape index (κ2) is 6.43. The normalized spacial score (nSPS) is 13.3. The summed E-state index contributed by atoms with van der Waals surface area (Å²) < 4.78 is 1.37. The highest BCUT2D eigenvalue weighted by Gasteiger charge is 1.95. The average molecular weight is 333 g/mol. The standard InChI is InChI=1S/C12H16INS/c1-9(5-4-6-10(2)13)7-12-8-15-11(3)14-12/h6-8H,4-5H2,1-3H3. The van der Waals surface area contributed by atoms with Crippen LogP contribution in [0.25, 0.3) is 6.08 Å². The maximum Gasteiger partial charge on any atom is 0.0901 e. The Morgan fingerprint density at radius 3 is 2.80 bits per heavy atom. The predicted octanol–water partition coefficient (Wildman–Crippen LogP) is 4.97. The van der Waals surface area contributed by atoms with Crippen LogP contribution in [0.4, 0.5) is 0 Å². The van der Waals surface area contributed by atoms with Gasteiger partial charge in [0.05, 0.1) is 10.7 Å². The van der Waals surface area contributed by atoms with Gasteiger partial charge in [-0.1, -0.05) is 11.6 Å². The molecule has 0 atom stereocenters. The third-order valence-electron chi connectivity index (χ3n) is 2.00. The van der Waals surface area contributed by atoms with Crippen molar-refractivity contribution in [2.24, 2.45) is 0 Å². The molecule has 0 bridgehead atoms. The summed E-state index contributed by atoms with van der Waals surface area (Å²) in [6.07, 6.45) is 6.70. The first-order chi connectivity index (χ1) is 7.08. The van der Waals surface area contributed by atoms with E-state index in [0.29, 0.717) is 0 Å². The number of hydrogen-bond acceptors (Lipinski definition) is 2. The van der Waals surface area contributed by atoms with E-state index < -0.39 is 0 Å². The van der Waals surface area contributed by atoms with Gasteiger partial charge in [0.2, 0.25) is 0 Å². The summed E-state index contributed by atoms with van der Waals surface area (Å²) in [6, 6.07) is 0. The van der Waals surface area contributed by atoms with Gasteiger partial charge in [-0.25, -0.2) is 4.98 Å². The zero-order chi connectivity index (χ0) is 11.3. The van der Waals surface area contributed by atoms with E-state index in [2.05, 4.69) is 59.0 Å². The second-order valence-electron chi connectivity index (χ2n) is 3.61. The van der Waals surface area contributed by atoms with Gasteiger partial charge in [-0.15, -0.1) is 11.3 Å². The number of aryl methyl sites for hydroxylation is 1. The van der Waals surface area contributed by atoms with Gasteiger partial charge in [-0.2, -0.15) is 0 Å². The largest absolute Gasteiger partial charge is 0.242 e. The minimum absolute atomic E-state index is 1.10. The molecular formula is C12H16INS. The van der Waals surface area contributed by atoms with Gasteiger partial charge in [-0.05, 0) is 65.9 Å². The Morgan fingerprint density at radius 1 is 1.53 bits per heavy atom. The van der Waals surface area contributed by atoms with Gasteiger partial charge in [0.1, 0.15) is 0 Å². The smallest absolute Gasteiger partial charge is 0.0901 e. The molecule has 0 unspecified atom stereocenters. The summed E-state index contributed by atoms with van der Waals surface area (Å²) in [4.78, 5) is 4.42. The summed E-state index contributed by atoms with van der Waals surface area (Å²) >= 11 is 4.05. The van der Waals surface area contributed by atoms with Gasteiger partial charge < -0.3 is 0 Å². The number of halogens is 1. The molecule has 15 heavy (non-hydrogen) atoms. The van der Waals surface area contributed by atoms with Crippen LogP contribution in [0, 0.1) is 6.92 Å². The van der Waals surface area contributed by atoms with E-state index in [-0.39, 0.29) is 0 Å². The fourth-order valence-corrected chi connectivity index (χ4v) is 2.15. The topological polar surface area (TPSA) is 12.9 Å². The highest BCUT2D eigenvalue weighted by molar-refractivity contribution is 14.1. The summed E-state index contributed by atoms with van der Waals surface area (Å²) in [5, 5.41) is 3.25. The van der Waals surface area contributed by atoms with Gasteiger partial charge in [0, 0.05) is 5.38 Å². The Kier molecular flexibility index (Phi) is 5.53. The molecule has 1 heterocycles. The maximum absolute atomic E-state index is 4.42. The number of allylic oxidation sites excluding steroid dienone is 3. The van der Waals surface area contributed by atoms with Gasteiger partial charge >= 0.3 is 0 Å². The van der Waals surface area contributed by atoms with Crippen molar-refractivity contribution in [3.63, 3.8) is 0 Å². The van der Waals surface area contributed by atoms with Crippen LogP contribution in [-0.4, -0.2) is 4.98 Å². The molecule has 0 aromatic carbocycles.